The predicted molar refractivity (Wildman–Crippen MR) is 236 cm³/mol. The summed E-state index contributed by atoms with van der Waals surface area (Å²) in [5.74, 6) is 1.97. The van der Waals surface area contributed by atoms with E-state index >= 15 is 0 Å². The minimum absolute atomic E-state index is 0.655. The Morgan fingerprint density at radius 2 is 1.00 bits per heavy atom. The molecule has 0 saturated heterocycles. The van der Waals surface area contributed by atoms with Crippen molar-refractivity contribution in [2.75, 3.05) is 0 Å². The lowest BCUT2D eigenvalue weighted by atomic mass is 10.0. The lowest BCUT2D eigenvalue weighted by Crippen LogP contribution is -2.00. The van der Waals surface area contributed by atoms with Gasteiger partial charge in [-0.05, 0) is 65.7 Å². The zero-order valence-electron chi connectivity index (χ0n) is 30.4. The Hall–Kier alpha value is -7.41. The minimum atomic E-state index is 0.655. The molecule has 0 bridgehead atoms. The third kappa shape index (κ3) is 5.12. The topological polar surface area (TPSA) is 56.7 Å². The summed E-state index contributed by atoms with van der Waals surface area (Å²) < 4.78 is 11.3. The van der Waals surface area contributed by atoms with E-state index in [9.17, 15) is 0 Å². The van der Waals surface area contributed by atoms with Gasteiger partial charge in [-0.3, -0.25) is 0 Å². The van der Waals surface area contributed by atoms with Gasteiger partial charge in [0.25, 0.3) is 0 Å². The van der Waals surface area contributed by atoms with Gasteiger partial charge in [0.1, 0.15) is 11.2 Å². The van der Waals surface area contributed by atoms with Crippen molar-refractivity contribution in [2.24, 2.45) is 0 Å². The number of aromatic nitrogens is 4. The van der Waals surface area contributed by atoms with E-state index in [0.29, 0.717) is 17.5 Å². The Morgan fingerprint density at radius 1 is 0.386 bits per heavy atom. The summed E-state index contributed by atoms with van der Waals surface area (Å²) in [5, 5.41) is 7.04. The molecule has 4 aromatic heterocycles. The normalized spacial score (nSPS) is 11.9. The van der Waals surface area contributed by atoms with Crippen LogP contribution in [0, 0.1) is 0 Å². The van der Waals surface area contributed by atoms with Gasteiger partial charge in [-0.2, -0.15) is 0 Å². The Bertz CT molecular complexity index is 3420. The minimum Gasteiger partial charge on any atom is -0.456 e. The van der Waals surface area contributed by atoms with Gasteiger partial charge in [-0.1, -0.05) is 127 Å². The van der Waals surface area contributed by atoms with Crippen molar-refractivity contribution in [3.8, 4) is 51.0 Å². The summed E-state index contributed by atoms with van der Waals surface area (Å²) in [5.41, 5.74) is 10.4. The SMILES string of the molecule is c1ccc(-c2nc(-c3ccccc3)nc(-c3cccc4sc5cc(-c6ccc7c(c6)oc6ccc(-n8c9ccccc9c9ccccc98)cc67)ccc5c34)n2)cc1. The molecule has 0 saturated carbocycles. The maximum Gasteiger partial charge on any atom is 0.164 e. The van der Waals surface area contributed by atoms with Crippen LogP contribution < -0.4 is 0 Å². The van der Waals surface area contributed by atoms with Crippen molar-refractivity contribution in [2.45, 2.75) is 0 Å². The number of fused-ring (bicyclic) bond motifs is 9. The lowest BCUT2D eigenvalue weighted by molar-refractivity contribution is 0.669. The fourth-order valence-electron chi connectivity index (χ4n) is 8.41. The highest BCUT2D eigenvalue weighted by atomic mass is 32.1. The molecule has 8 aromatic carbocycles. The fourth-order valence-corrected chi connectivity index (χ4v) is 9.58. The number of furan rings is 1. The molecule has 12 rings (SSSR count). The summed E-state index contributed by atoms with van der Waals surface area (Å²) >= 11 is 1.79. The number of thiophene rings is 1. The standard InChI is InChI=1S/C51H30N4OS/c1-3-12-31(13-4-1)49-52-50(32-14-5-2-6-15-32)54-51(53-49)40-18-11-21-46-48(40)39-26-23-34(29-47(39)57-46)33-22-25-38-41-30-35(24-27-44(41)56-45(38)28-33)55-42-19-9-7-16-36(42)37-17-8-10-20-43(37)55/h1-30H. The summed E-state index contributed by atoms with van der Waals surface area (Å²) in [6.45, 7) is 0. The van der Waals surface area contributed by atoms with Crippen molar-refractivity contribution in [3.63, 3.8) is 0 Å². The molecular weight excluding hydrogens is 717 g/mol. The first-order valence-electron chi connectivity index (χ1n) is 19.0. The maximum atomic E-state index is 6.52. The first kappa shape index (κ1) is 31.9. The van der Waals surface area contributed by atoms with Crippen molar-refractivity contribution < 1.29 is 4.42 Å². The third-order valence-corrected chi connectivity index (χ3v) is 12.2. The number of nitrogens with zero attached hydrogens (tertiary/aromatic N) is 4. The molecule has 5 nitrogen and oxygen atoms in total. The number of rotatable bonds is 5. The van der Waals surface area contributed by atoms with Gasteiger partial charge in [0.2, 0.25) is 0 Å². The van der Waals surface area contributed by atoms with Crippen LogP contribution in [-0.2, 0) is 0 Å². The van der Waals surface area contributed by atoms with E-state index in [1.807, 2.05) is 60.7 Å². The first-order valence-corrected chi connectivity index (χ1v) is 19.8. The van der Waals surface area contributed by atoms with Crippen LogP contribution >= 0.6 is 11.3 Å². The van der Waals surface area contributed by atoms with Crippen LogP contribution in [0.1, 0.15) is 0 Å². The van der Waals surface area contributed by atoms with Crippen molar-refractivity contribution in [1.82, 2.24) is 19.5 Å². The monoisotopic (exact) mass is 746 g/mol. The molecule has 0 radical (unpaired) electrons. The molecule has 0 unspecified atom stereocenters. The number of hydrogen-bond acceptors (Lipinski definition) is 5. The second-order valence-electron chi connectivity index (χ2n) is 14.4. The zero-order valence-corrected chi connectivity index (χ0v) is 31.2. The second-order valence-corrected chi connectivity index (χ2v) is 15.5. The van der Waals surface area contributed by atoms with Crippen molar-refractivity contribution in [1.29, 1.82) is 0 Å². The van der Waals surface area contributed by atoms with E-state index in [1.165, 1.54) is 36.6 Å². The smallest absolute Gasteiger partial charge is 0.164 e. The molecule has 0 N–H and O–H groups in total. The van der Waals surface area contributed by atoms with Crippen LogP contribution in [-0.4, -0.2) is 19.5 Å². The number of benzene rings is 8. The molecule has 6 heteroatoms. The van der Waals surface area contributed by atoms with E-state index in [4.69, 9.17) is 19.4 Å². The highest BCUT2D eigenvalue weighted by molar-refractivity contribution is 7.26. The average molecular weight is 747 g/mol. The lowest BCUT2D eigenvalue weighted by Gasteiger charge is -2.09. The van der Waals surface area contributed by atoms with Crippen LogP contribution in [0.5, 0.6) is 0 Å². The van der Waals surface area contributed by atoms with E-state index in [-0.39, 0.29) is 0 Å². The molecule has 0 spiro atoms. The first-order chi connectivity index (χ1) is 28.2. The van der Waals surface area contributed by atoms with E-state index < -0.39 is 0 Å². The van der Waals surface area contributed by atoms with Gasteiger partial charge in [0.15, 0.2) is 17.5 Å². The van der Waals surface area contributed by atoms with Gasteiger partial charge >= 0.3 is 0 Å². The van der Waals surface area contributed by atoms with E-state index in [0.717, 1.165) is 60.8 Å². The highest BCUT2D eigenvalue weighted by Gasteiger charge is 2.19. The molecule has 0 atom stereocenters. The molecule has 0 aliphatic heterocycles. The Labute approximate surface area is 330 Å². The van der Waals surface area contributed by atoms with Gasteiger partial charge in [-0.15, -0.1) is 11.3 Å². The summed E-state index contributed by atoms with van der Waals surface area (Å²) in [7, 11) is 0. The van der Waals surface area contributed by atoms with Crippen LogP contribution in [0.15, 0.2) is 186 Å². The average Bonchev–Trinajstić information content (AvgIpc) is 3.95. The van der Waals surface area contributed by atoms with Crippen molar-refractivity contribution >= 4 is 75.3 Å². The molecule has 0 fully saturated rings. The molecule has 0 aliphatic carbocycles. The second kappa shape index (κ2) is 12.6. The van der Waals surface area contributed by atoms with E-state index in [1.54, 1.807) is 11.3 Å². The summed E-state index contributed by atoms with van der Waals surface area (Å²) in [4.78, 5) is 15.0. The third-order valence-electron chi connectivity index (χ3n) is 11.1. The fraction of sp³-hybridized carbons (Fsp3) is 0. The molecule has 0 amide bonds. The zero-order chi connectivity index (χ0) is 37.5. The maximum absolute atomic E-state index is 6.52. The van der Waals surface area contributed by atoms with Crippen LogP contribution in [0.3, 0.4) is 0 Å². The van der Waals surface area contributed by atoms with Gasteiger partial charge < -0.3 is 8.98 Å². The van der Waals surface area contributed by atoms with Crippen LogP contribution in [0.4, 0.5) is 0 Å². The van der Waals surface area contributed by atoms with Gasteiger partial charge in [-0.25, -0.2) is 15.0 Å². The molecule has 0 aliphatic rings. The molecule has 57 heavy (non-hydrogen) atoms. The predicted octanol–water partition coefficient (Wildman–Crippen LogP) is 13.9. The van der Waals surface area contributed by atoms with E-state index in [2.05, 4.69) is 126 Å². The van der Waals surface area contributed by atoms with Crippen molar-refractivity contribution in [3.05, 3.63) is 182 Å². The Kier molecular flexibility index (Phi) is 7.03. The Morgan fingerprint density at radius 3 is 1.70 bits per heavy atom. The number of hydrogen-bond donors (Lipinski definition) is 0. The largest absolute Gasteiger partial charge is 0.456 e. The van der Waals surface area contributed by atoms with Crippen LogP contribution in [0.25, 0.3) is 115 Å². The Balaban J connectivity index is 0.955. The molecule has 4 heterocycles. The molecule has 12 aromatic rings. The molecule has 266 valence electrons. The van der Waals surface area contributed by atoms with Gasteiger partial charge in [0, 0.05) is 64.1 Å². The quantitative estimate of drug-likeness (QED) is 0.176. The summed E-state index contributed by atoms with van der Waals surface area (Å²) in [6.07, 6.45) is 0. The number of para-hydroxylation sites is 2. The van der Waals surface area contributed by atoms with Crippen LogP contribution in [0.2, 0.25) is 0 Å². The molecular formula is C51H30N4OS. The van der Waals surface area contributed by atoms with Gasteiger partial charge in [0.05, 0.1) is 11.0 Å². The highest BCUT2D eigenvalue weighted by Crippen LogP contribution is 2.42. The summed E-state index contributed by atoms with van der Waals surface area (Å²) in [6, 6.07) is 63.8.